The van der Waals surface area contributed by atoms with E-state index in [0.717, 1.165) is 0 Å². The van der Waals surface area contributed by atoms with Gasteiger partial charge in [-0.1, -0.05) is 48.0 Å². The summed E-state index contributed by atoms with van der Waals surface area (Å²) >= 11 is 5.84. The zero-order valence-corrected chi connectivity index (χ0v) is 10.6. The first-order valence-corrected chi connectivity index (χ1v) is 6.10. The third-order valence-electron chi connectivity index (χ3n) is 2.49. The van der Waals surface area contributed by atoms with Crippen molar-refractivity contribution in [3.05, 3.63) is 65.2 Å². The molecule has 0 amide bonds. The summed E-state index contributed by atoms with van der Waals surface area (Å²) in [6, 6.07) is 16.4. The van der Waals surface area contributed by atoms with Crippen LogP contribution in [0.1, 0.15) is 16.8 Å². The molecule has 0 spiro atoms. The molecule has 18 heavy (non-hydrogen) atoms. The molecule has 0 heterocycles. The molecule has 0 unspecified atom stereocenters. The molecule has 0 aliphatic carbocycles. The lowest BCUT2D eigenvalue weighted by molar-refractivity contribution is 0.0962. The average Bonchev–Trinajstić information content (AvgIpc) is 2.40. The maximum absolute atomic E-state index is 11.8. The summed E-state index contributed by atoms with van der Waals surface area (Å²) in [4.78, 5) is 11.8. The van der Waals surface area contributed by atoms with Crippen LogP contribution in [0.25, 0.3) is 0 Å². The summed E-state index contributed by atoms with van der Waals surface area (Å²) in [5.41, 5.74) is 0.715. The van der Waals surface area contributed by atoms with Crippen LogP contribution in [0.5, 0.6) is 5.75 Å². The van der Waals surface area contributed by atoms with Crippen molar-refractivity contribution in [3.63, 3.8) is 0 Å². The molecular formula is C15H13ClO2. The Hall–Kier alpha value is -1.80. The van der Waals surface area contributed by atoms with Gasteiger partial charge in [-0.2, -0.15) is 0 Å². The van der Waals surface area contributed by atoms with Crippen molar-refractivity contribution in [1.82, 2.24) is 0 Å². The Morgan fingerprint density at radius 2 is 1.83 bits per heavy atom. The van der Waals surface area contributed by atoms with Crippen molar-refractivity contribution in [2.75, 3.05) is 6.61 Å². The molecule has 0 radical (unpaired) electrons. The predicted molar refractivity (Wildman–Crippen MR) is 72.3 cm³/mol. The lowest BCUT2D eigenvalue weighted by atomic mass is 10.1. The van der Waals surface area contributed by atoms with Crippen molar-refractivity contribution in [1.29, 1.82) is 0 Å². The predicted octanol–water partition coefficient (Wildman–Crippen LogP) is 3.99. The number of Topliss-reactive ketones (excluding diaryl/α,β-unsaturated/α-hetero) is 1. The minimum Gasteiger partial charge on any atom is -0.493 e. The van der Waals surface area contributed by atoms with E-state index in [1.54, 1.807) is 12.1 Å². The zero-order valence-electron chi connectivity index (χ0n) is 9.80. The van der Waals surface area contributed by atoms with Crippen LogP contribution in [0.4, 0.5) is 0 Å². The molecule has 92 valence electrons. The molecule has 2 nitrogen and oxygen atoms in total. The van der Waals surface area contributed by atoms with Crippen molar-refractivity contribution in [2.24, 2.45) is 0 Å². The highest BCUT2D eigenvalue weighted by molar-refractivity contribution is 6.30. The SMILES string of the molecule is O=C(CCOc1cccc(Cl)c1)c1ccccc1. The Morgan fingerprint density at radius 3 is 2.56 bits per heavy atom. The number of benzene rings is 2. The Balaban J connectivity index is 1.84. The number of hydrogen-bond donors (Lipinski definition) is 0. The number of rotatable bonds is 5. The van der Waals surface area contributed by atoms with Crippen LogP contribution >= 0.6 is 11.6 Å². The van der Waals surface area contributed by atoms with Gasteiger partial charge in [0, 0.05) is 17.0 Å². The first kappa shape index (κ1) is 12.7. The maximum atomic E-state index is 11.8. The third-order valence-corrected chi connectivity index (χ3v) is 2.72. The third kappa shape index (κ3) is 3.60. The number of ether oxygens (including phenoxy) is 1. The van der Waals surface area contributed by atoms with Crippen molar-refractivity contribution >= 4 is 17.4 Å². The lowest BCUT2D eigenvalue weighted by Crippen LogP contribution is -2.06. The van der Waals surface area contributed by atoms with Crippen molar-refractivity contribution in [2.45, 2.75) is 6.42 Å². The van der Waals surface area contributed by atoms with Gasteiger partial charge in [0.15, 0.2) is 5.78 Å². The largest absolute Gasteiger partial charge is 0.493 e. The highest BCUT2D eigenvalue weighted by Crippen LogP contribution is 2.17. The molecule has 2 aromatic carbocycles. The summed E-state index contributed by atoms with van der Waals surface area (Å²) in [6.45, 7) is 0.355. The molecule has 0 fully saturated rings. The van der Waals surface area contributed by atoms with E-state index in [9.17, 15) is 4.79 Å². The van der Waals surface area contributed by atoms with E-state index >= 15 is 0 Å². The second-order valence-corrected chi connectivity index (χ2v) is 4.28. The van der Waals surface area contributed by atoms with Gasteiger partial charge in [-0.3, -0.25) is 4.79 Å². The molecule has 0 N–H and O–H groups in total. The molecule has 0 bridgehead atoms. The van der Waals surface area contributed by atoms with Crippen LogP contribution < -0.4 is 4.74 Å². The quantitative estimate of drug-likeness (QED) is 0.760. The second kappa shape index (κ2) is 6.22. The first-order valence-electron chi connectivity index (χ1n) is 5.72. The fourth-order valence-corrected chi connectivity index (χ4v) is 1.77. The summed E-state index contributed by atoms with van der Waals surface area (Å²) in [7, 11) is 0. The van der Waals surface area contributed by atoms with Crippen molar-refractivity contribution < 1.29 is 9.53 Å². The first-order chi connectivity index (χ1) is 8.75. The molecule has 0 saturated carbocycles. The Kier molecular flexibility index (Phi) is 4.37. The van der Waals surface area contributed by atoms with E-state index in [-0.39, 0.29) is 5.78 Å². The number of carbonyl (C=O) groups is 1. The van der Waals surface area contributed by atoms with Crippen molar-refractivity contribution in [3.8, 4) is 5.75 Å². The summed E-state index contributed by atoms with van der Waals surface area (Å²) in [5, 5.41) is 0.627. The summed E-state index contributed by atoms with van der Waals surface area (Å²) in [6.07, 6.45) is 0.358. The van der Waals surface area contributed by atoms with E-state index in [1.165, 1.54) is 0 Å². The molecule has 3 heteroatoms. The number of carbonyl (C=O) groups excluding carboxylic acids is 1. The Bertz CT molecular complexity index is 523. The smallest absolute Gasteiger partial charge is 0.166 e. The highest BCUT2D eigenvalue weighted by Gasteiger charge is 2.05. The molecule has 0 aromatic heterocycles. The van der Waals surface area contributed by atoms with E-state index in [4.69, 9.17) is 16.3 Å². The standard InChI is InChI=1S/C15H13ClO2/c16-13-7-4-8-14(11-13)18-10-9-15(17)12-5-2-1-3-6-12/h1-8,11H,9-10H2. The van der Waals surface area contributed by atoms with Crippen LogP contribution in [0.2, 0.25) is 5.02 Å². The molecule has 2 aromatic rings. The number of ketones is 1. The zero-order chi connectivity index (χ0) is 12.8. The van der Waals surface area contributed by atoms with Gasteiger partial charge in [0.05, 0.1) is 6.61 Å². The van der Waals surface area contributed by atoms with Crippen LogP contribution in [0, 0.1) is 0 Å². The van der Waals surface area contributed by atoms with Gasteiger partial charge in [0.25, 0.3) is 0 Å². The minimum absolute atomic E-state index is 0.0811. The maximum Gasteiger partial charge on any atom is 0.166 e. The number of halogens is 1. The van der Waals surface area contributed by atoms with E-state index in [2.05, 4.69) is 0 Å². The van der Waals surface area contributed by atoms with E-state index in [0.29, 0.717) is 29.4 Å². The van der Waals surface area contributed by atoms with Gasteiger partial charge in [0.1, 0.15) is 5.75 Å². The summed E-state index contributed by atoms with van der Waals surface area (Å²) in [5.74, 6) is 0.765. The van der Waals surface area contributed by atoms with Gasteiger partial charge in [-0.05, 0) is 18.2 Å². The molecule has 0 aliphatic rings. The average molecular weight is 261 g/mol. The van der Waals surface area contributed by atoms with E-state index in [1.807, 2.05) is 42.5 Å². The molecule has 0 atom stereocenters. The minimum atomic E-state index is 0.0811. The van der Waals surface area contributed by atoms with Gasteiger partial charge in [-0.15, -0.1) is 0 Å². The molecular weight excluding hydrogens is 248 g/mol. The Labute approximate surface area is 111 Å². The van der Waals surface area contributed by atoms with Crippen LogP contribution in [0.3, 0.4) is 0 Å². The fourth-order valence-electron chi connectivity index (χ4n) is 1.59. The second-order valence-electron chi connectivity index (χ2n) is 3.85. The topological polar surface area (TPSA) is 26.3 Å². The summed E-state index contributed by atoms with van der Waals surface area (Å²) < 4.78 is 5.47. The van der Waals surface area contributed by atoms with Gasteiger partial charge < -0.3 is 4.74 Å². The molecule has 0 saturated heterocycles. The normalized spacial score (nSPS) is 10.1. The van der Waals surface area contributed by atoms with E-state index < -0.39 is 0 Å². The van der Waals surface area contributed by atoms with Gasteiger partial charge >= 0.3 is 0 Å². The van der Waals surface area contributed by atoms with Gasteiger partial charge in [0.2, 0.25) is 0 Å². The van der Waals surface area contributed by atoms with Crippen LogP contribution in [0.15, 0.2) is 54.6 Å². The van der Waals surface area contributed by atoms with Crippen LogP contribution in [-0.2, 0) is 0 Å². The molecule has 2 rings (SSSR count). The monoisotopic (exact) mass is 260 g/mol. The Morgan fingerprint density at radius 1 is 1.06 bits per heavy atom. The highest BCUT2D eigenvalue weighted by atomic mass is 35.5. The molecule has 0 aliphatic heterocycles. The lowest BCUT2D eigenvalue weighted by Gasteiger charge is -2.05. The van der Waals surface area contributed by atoms with Crippen LogP contribution in [-0.4, -0.2) is 12.4 Å². The fraction of sp³-hybridized carbons (Fsp3) is 0.133. The van der Waals surface area contributed by atoms with Gasteiger partial charge in [-0.25, -0.2) is 0 Å². The number of hydrogen-bond acceptors (Lipinski definition) is 2.